The molecule has 120 valence electrons. The van der Waals surface area contributed by atoms with E-state index >= 15 is 0 Å². The van der Waals surface area contributed by atoms with Crippen molar-refractivity contribution in [1.82, 2.24) is 0 Å². The van der Waals surface area contributed by atoms with Crippen molar-refractivity contribution < 1.29 is 9.13 Å². The molecule has 0 heterocycles. The van der Waals surface area contributed by atoms with E-state index in [2.05, 4.69) is 13.0 Å². The summed E-state index contributed by atoms with van der Waals surface area (Å²) in [6.45, 7) is 2.22. The van der Waals surface area contributed by atoms with Gasteiger partial charge in [0.15, 0.2) is 0 Å². The highest BCUT2D eigenvalue weighted by Crippen LogP contribution is 2.43. The van der Waals surface area contributed by atoms with E-state index in [1.165, 1.54) is 38.9 Å². The van der Waals surface area contributed by atoms with Crippen molar-refractivity contribution >= 4 is 0 Å². The largest absolute Gasteiger partial charge is 0.497 e. The highest BCUT2D eigenvalue weighted by Gasteiger charge is 2.38. The number of nitrogens with zero attached hydrogens (tertiary/aromatic N) is 1. The molecule has 0 aliphatic heterocycles. The second kappa shape index (κ2) is 7.63. The summed E-state index contributed by atoms with van der Waals surface area (Å²) in [6.07, 6.45) is 8.65. The Morgan fingerprint density at radius 1 is 1.32 bits per heavy atom. The van der Waals surface area contributed by atoms with Crippen molar-refractivity contribution in [2.24, 2.45) is 5.92 Å². The Balaban J connectivity index is 2.08. The summed E-state index contributed by atoms with van der Waals surface area (Å²) >= 11 is 0. The zero-order valence-corrected chi connectivity index (χ0v) is 13.7. The predicted octanol–water partition coefficient (Wildman–Crippen LogP) is 5.37. The van der Waals surface area contributed by atoms with Crippen molar-refractivity contribution in [3.8, 4) is 11.8 Å². The molecule has 2 rings (SSSR count). The predicted molar refractivity (Wildman–Crippen MR) is 86.3 cm³/mol. The standard InChI is InChI=1S/C19H26FNO/c1-3-4-5-6-15-9-11-19(14-21,12-10-15)17-8-7-16(22-2)13-18(17)20/h7-8,13,15H,3-6,9-12H2,1-2H3. The van der Waals surface area contributed by atoms with Crippen LogP contribution < -0.4 is 4.74 Å². The quantitative estimate of drug-likeness (QED) is 0.662. The summed E-state index contributed by atoms with van der Waals surface area (Å²) in [5, 5.41) is 9.70. The fraction of sp³-hybridized carbons (Fsp3) is 0.632. The molecular weight excluding hydrogens is 277 g/mol. The molecule has 2 nitrogen and oxygen atoms in total. The zero-order valence-electron chi connectivity index (χ0n) is 13.7. The third kappa shape index (κ3) is 3.61. The molecule has 0 unspecified atom stereocenters. The van der Waals surface area contributed by atoms with Gasteiger partial charge < -0.3 is 4.74 Å². The van der Waals surface area contributed by atoms with Crippen LogP contribution in [0.2, 0.25) is 0 Å². The number of methoxy groups -OCH3 is 1. The maximum atomic E-state index is 14.4. The molecular formula is C19H26FNO. The van der Waals surface area contributed by atoms with E-state index in [-0.39, 0.29) is 5.82 Å². The van der Waals surface area contributed by atoms with Crippen LogP contribution in [0.5, 0.6) is 5.75 Å². The third-order valence-electron chi connectivity index (χ3n) is 5.08. The van der Waals surface area contributed by atoms with E-state index in [9.17, 15) is 9.65 Å². The van der Waals surface area contributed by atoms with Gasteiger partial charge in [0, 0.05) is 11.6 Å². The van der Waals surface area contributed by atoms with Crippen LogP contribution in [0.15, 0.2) is 18.2 Å². The van der Waals surface area contributed by atoms with Crippen LogP contribution in [0, 0.1) is 23.1 Å². The average molecular weight is 303 g/mol. The van der Waals surface area contributed by atoms with Gasteiger partial charge in [-0.25, -0.2) is 4.39 Å². The number of benzene rings is 1. The number of hydrogen-bond acceptors (Lipinski definition) is 2. The maximum absolute atomic E-state index is 14.4. The van der Waals surface area contributed by atoms with Gasteiger partial charge in [-0.05, 0) is 37.7 Å². The molecule has 3 heteroatoms. The summed E-state index contributed by atoms with van der Waals surface area (Å²) in [7, 11) is 1.52. The lowest BCUT2D eigenvalue weighted by Crippen LogP contribution is -2.31. The third-order valence-corrected chi connectivity index (χ3v) is 5.08. The molecule has 22 heavy (non-hydrogen) atoms. The van der Waals surface area contributed by atoms with E-state index in [4.69, 9.17) is 4.74 Å². The van der Waals surface area contributed by atoms with Crippen LogP contribution >= 0.6 is 0 Å². The lowest BCUT2D eigenvalue weighted by atomic mass is 9.66. The lowest BCUT2D eigenvalue weighted by molar-refractivity contribution is 0.257. The molecule has 0 atom stereocenters. The number of halogens is 1. The first-order valence-corrected chi connectivity index (χ1v) is 8.40. The molecule has 0 N–H and O–H groups in total. The molecule has 0 aromatic heterocycles. The summed E-state index contributed by atoms with van der Waals surface area (Å²) < 4.78 is 19.4. The van der Waals surface area contributed by atoms with Crippen LogP contribution in [0.25, 0.3) is 0 Å². The molecule has 0 saturated heterocycles. The minimum absolute atomic E-state index is 0.315. The molecule has 1 aromatic rings. The zero-order chi connectivity index (χ0) is 16.0. The minimum Gasteiger partial charge on any atom is -0.497 e. The Morgan fingerprint density at radius 3 is 2.59 bits per heavy atom. The summed E-state index contributed by atoms with van der Waals surface area (Å²) in [5.74, 6) is 0.891. The van der Waals surface area contributed by atoms with Gasteiger partial charge in [-0.15, -0.1) is 0 Å². The van der Waals surface area contributed by atoms with Gasteiger partial charge in [-0.2, -0.15) is 5.26 Å². The smallest absolute Gasteiger partial charge is 0.131 e. The van der Waals surface area contributed by atoms with Crippen LogP contribution in [-0.4, -0.2) is 7.11 Å². The van der Waals surface area contributed by atoms with E-state index < -0.39 is 5.41 Å². The highest BCUT2D eigenvalue weighted by molar-refractivity contribution is 5.38. The van der Waals surface area contributed by atoms with Crippen LogP contribution in [0.1, 0.15) is 63.9 Å². The van der Waals surface area contributed by atoms with E-state index in [1.54, 1.807) is 12.1 Å². The average Bonchev–Trinajstić information content (AvgIpc) is 2.56. The molecule has 1 aromatic carbocycles. The van der Waals surface area contributed by atoms with Crippen molar-refractivity contribution in [2.45, 2.75) is 63.7 Å². The highest BCUT2D eigenvalue weighted by atomic mass is 19.1. The van der Waals surface area contributed by atoms with Crippen LogP contribution in [-0.2, 0) is 5.41 Å². The monoisotopic (exact) mass is 303 g/mol. The topological polar surface area (TPSA) is 33.0 Å². The maximum Gasteiger partial charge on any atom is 0.131 e. The van der Waals surface area contributed by atoms with Gasteiger partial charge in [-0.1, -0.05) is 38.7 Å². The Hall–Kier alpha value is -1.56. The number of hydrogen-bond donors (Lipinski definition) is 0. The van der Waals surface area contributed by atoms with E-state index in [1.807, 2.05) is 0 Å². The second-order valence-corrected chi connectivity index (χ2v) is 6.48. The van der Waals surface area contributed by atoms with E-state index in [0.29, 0.717) is 17.2 Å². The van der Waals surface area contributed by atoms with Gasteiger partial charge in [-0.3, -0.25) is 0 Å². The molecule has 0 bridgehead atoms. The molecule has 1 fully saturated rings. The van der Waals surface area contributed by atoms with Gasteiger partial charge in [0.1, 0.15) is 11.6 Å². The van der Waals surface area contributed by atoms with Crippen molar-refractivity contribution in [2.75, 3.05) is 7.11 Å². The SMILES string of the molecule is CCCCCC1CCC(C#N)(c2ccc(OC)cc2F)CC1. The minimum atomic E-state index is -0.655. The second-order valence-electron chi connectivity index (χ2n) is 6.48. The lowest BCUT2D eigenvalue weighted by Gasteiger charge is -2.35. The summed E-state index contributed by atoms with van der Waals surface area (Å²) in [6, 6.07) is 7.30. The Labute approximate surface area is 133 Å². The van der Waals surface area contributed by atoms with Crippen LogP contribution in [0.3, 0.4) is 0 Å². The first-order chi connectivity index (χ1) is 10.6. The summed E-state index contributed by atoms with van der Waals surface area (Å²) in [4.78, 5) is 0. The Kier molecular flexibility index (Phi) is 5.83. The van der Waals surface area contributed by atoms with E-state index in [0.717, 1.165) is 25.7 Å². The van der Waals surface area contributed by atoms with Crippen molar-refractivity contribution in [3.05, 3.63) is 29.6 Å². The molecule has 1 aliphatic carbocycles. The first kappa shape index (κ1) is 16.8. The van der Waals surface area contributed by atoms with Gasteiger partial charge in [0.05, 0.1) is 18.6 Å². The fourth-order valence-electron chi connectivity index (χ4n) is 3.59. The van der Waals surface area contributed by atoms with Crippen LogP contribution in [0.4, 0.5) is 4.39 Å². The first-order valence-electron chi connectivity index (χ1n) is 8.40. The molecule has 1 aliphatic rings. The van der Waals surface area contributed by atoms with Gasteiger partial charge in [0.2, 0.25) is 0 Å². The number of unbranched alkanes of at least 4 members (excludes halogenated alkanes) is 2. The normalized spacial score (nSPS) is 24.7. The number of nitriles is 1. The van der Waals surface area contributed by atoms with Crippen molar-refractivity contribution in [3.63, 3.8) is 0 Å². The molecule has 0 amide bonds. The van der Waals surface area contributed by atoms with Gasteiger partial charge in [0.25, 0.3) is 0 Å². The number of rotatable bonds is 6. The number of ether oxygens (including phenoxy) is 1. The Bertz CT molecular complexity index is 527. The fourth-order valence-corrected chi connectivity index (χ4v) is 3.59. The van der Waals surface area contributed by atoms with Gasteiger partial charge >= 0.3 is 0 Å². The molecule has 0 spiro atoms. The molecule has 0 radical (unpaired) electrons. The Morgan fingerprint density at radius 2 is 2.05 bits per heavy atom. The summed E-state index contributed by atoms with van der Waals surface area (Å²) in [5.41, 5.74) is -0.111. The molecule has 1 saturated carbocycles. The van der Waals surface area contributed by atoms with Crippen molar-refractivity contribution in [1.29, 1.82) is 5.26 Å².